The largest absolute Gasteiger partial charge is 0.471 e. The number of hydrogen-bond acceptors (Lipinski definition) is 1. The molecule has 0 heterocycles. The Morgan fingerprint density at radius 2 is 1.71 bits per heavy atom. The molecule has 0 aliphatic heterocycles. The lowest BCUT2D eigenvalue weighted by Gasteiger charge is -2.23. The molecule has 1 aromatic rings. The monoisotopic (exact) mass is 245 g/mol. The van der Waals surface area contributed by atoms with Gasteiger partial charge < -0.3 is 5.32 Å². The highest BCUT2D eigenvalue weighted by atomic mass is 19.4. The Morgan fingerprint density at radius 3 is 2.12 bits per heavy atom. The minimum absolute atomic E-state index is 0.122. The fraction of sp³-hybridized carbons (Fsp3) is 0.417. The topological polar surface area (TPSA) is 29.1 Å². The average molecular weight is 245 g/mol. The van der Waals surface area contributed by atoms with Crippen molar-refractivity contribution in [3.05, 3.63) is 35.9 Å². The number of carbonyl (C=O) groups is 1. The highest BCUT2D eigenvalue weighted by Crippen LogP contribution is 2.24. The Kier molecular flexibility index (Phi) is 4.15. The number of rotatable bonds is 3. The van der Waals surface area contributed by atoms with Crippen LogP contribution in [0.5, 0.6) is 0 Å². The van der Waals surface area contributed by atoms with Gasteiger partial charge >= 0.3 is 12.1 Å². The maximum Gasteiger partial charge on any atom is 0.471 e. The van der Waals surface area contributed by atoms with Crippen molar-refractivity contribution in [2.45, 2.75) is 26.1 Å². The summed E-state index contributed by atoms with van der Waals surface area (Å²) in [5, 5.41) is 2.01. The van der Waals surface area contributed by atoms with E-state index in [2.05, 4.69) is 0 Å². The molecule has 0 spiro atoms. The second-order valence-corrected chi connectivity index (χ2v) is 4.10. The van der Waals surface area contributed by atoms with E-state index in [1.807, 2.05) is 5.32 Å². The molecule has 0 fully saturated rings. The van der Waals surface area contributed by atoms with Crippen LogP contribution in [0.15, 0.2) is 30.3 Å². The van der Waals surface area contributed by atoms with Crippen LogP contribution in [0, 0.1) is 5.92 Å². The molecule has 0 saturated carbocycles. The lowest BCUT2D eigenvalue weighted by atomic mass is 9.96. The van der Waals surface area contributed by atoms with Crippen molar-refractivity contribution >= 4 is 5.91 Å². The smallest absolute Gasteiger partial charge is 0.341 e. The molecular weight excluding hydrogens is 231 g/mol. The summed E-state index contributed by atoms with van der Waals surface area (Å²) in [5.41, 5.74) is 0.667. The molecule has 94 valence electrons. The highest BCUT2D eigenvalue weighted by molar-refractivity contribution is 5.82. The van der Waals surface area contributed by atoms with E-state index < -0.39 is 18.1 Å². The normalized spacial score (nSPS) is 13.5. The third kappa shape index (κ3) is 3.76. The number of hydrogen-bond donors (Lipinski definition) is 1. The van der Waals surface area contributed by atoms with E-state index in [-0.39, 0.29) is 5.92 Å². The van der Waals surface area contributed by atoms with Gasteiger partial charge in [0.2, 0.25) is 0 Å². The van der Waals surface area contributed by atoms with E-state index >= 15 is 0 Å². The van der Waals surface area contributed by atoms with Crippen molar-refractivity contribution in [1.29, 1.82) is 0 Å². The summed E-state index contributed by atoms with van der Waals surface area (Å²) in [7, 11) is 0. The molecule has 5 heteroatoms. The number of halogens is 3. The maximum atomic E-state index is 12.2. The van der Waals surface area contributed by atoms with E-state index in [1.165, 1.54) is 0 Å². The van der Waals surface area contributed by atoms with Gasteiger partial charge in [-0.05, 0) is 11.5 Å². The maximum absolute atomic E-state index is 12.2. The van der Waals surface area contributed by atoms with Gasteiger partial charge in [-0.1, -0.05) is 44.2 Å². The Balaban J connectivity index is 2.86. The Morgan fingerprint density at radius 1 is 1.18 bits per heavy atom. The Bertz CT molecular complexity index is 373. The van der Waals surface area contributed by atoms with E-state index in [0.29, 0.717) is 5.56 Å². The molecule has 1 N–H and O–H groups in total. The minimum atomic E-state index is -4.85. The SMILES string of the molecule is CC(C)[C@@H](NC(=O)C(F)(F)F)c1ccccc1. The van der Waals surface area contributed by atoms with Crippen LogP contribution < -0.4 is 5.32 Å². The fourth-order valence-electron chi connectivity index (χ4n) is 1.52. The van der Waals surface area contributed by atoms with Crippen LogP contribution in [-0.4, -0.2) is 12.1 Å². The van der Waals surface area contributed by atoms with Crippen molar-refractivity contribution < 1.29 is 18.0 Å². The van der Waals surface area contributed by atoms with Crippen LogP contribution in [0.3, 0.4) is 0 Å². The fourth-order valence-corrected chi connectivity index (χ4v) is 1.52. The molecule has 0 radical (unpaired) electrons. The van der Waals surface area contributed by atoms with Crippen molar-refractivity contribution in [2.24, 2.45) is 5.92 Å². The average Bonchev–Trinajstić information content (AvgIpc) is 2.25. The summed E-state index contributed by atoms with van der Waals surface area (Å²) in [6.45, 7) is 3.52. The number of carbonyl (C=O) groups excluding carboxylic acids is 1. The van der Waals surface area contributed by atoms with Crippen LogP contribution in [0.25, 0.3) is 0 Å². The van der Waals surface area contributed by atoms with Gasteiger partial charge in [0.25, 0.3) is 0 Å². The van der Waals surface area contributed by atoms with Crippen molar-refractivity contribution in [2.75, 3.05) is 0 Å². The van der Waals surface area contributed by atoms with Crippen LogP contribution >= 0.6 is 0 Å². The summed E-state index contributed by atoms with van der Waals surface area (Å²) < 4.78 is 36.5. The summed E-state index contributed by atoms with van der Waals surface area (Å²) in [6.07, 6.45) is -4.85. The molecule has 0 saturated heterocycles. The first-order chi connectivity index (χ1) is 7.82. The molecule has 17 heavy (non-hydrogen) atoms. The van der Waals surface area contributed by atoms with E-state index in [1.54, 1.807) is 44.2 Å². The zero-order chi connectivity index (χ0) is 13.1. The second-order valence-electron chi connectivity index (χ2n) is 4.10. The van der Waals surface area contributed by atoms with Gasteiger partial charge in [0.05, 0.1) is 6.04 Å². The number of nitrogens with one attached hydrogen (secondary N) is 1. The van der Waals surface area contributed by atoms with Gasteiger partial charge in [-0.3, -0.25) is 4.79 Å². The number of benzene rings is 1. The minimum Gasteiger partial charge on any atom is -0.341 e. The van der Waals surface area contributed by atoms with E-state index in [9.17, 15) is 18.0 Å². The predicted octanol–water partition coefficient (Wildman–Crippen LogP) is 3.06. The molecule has 0 unspecified atom stereocenters. The van der Waals surface area contributed by atoms with Gasteiger partial charge in [-0.15, -0.1) is 0 Å². The van der Waals surface area contributed by atoms with Crippen molar-refractivity contribution in [1.82, 2.24) is 5.32 Å². The Hall–Kier alpha value is -1.52. The van der Waals surface area contributed by atoms with Crippen LogP contribution in [0.4, 0.5) is 13.2 Å². The highest BCUT2D eigenvalue weighted by Gasteiger charge is 2.40. The molecule has 1 aromatic carbocycles. The second kappa shape index (κ2) is 5.21. The first-order valence-electron chi connectivity index (χ1n) is 5.25. The standard InChI is InChI=1S/C12H14F3NO/c1-8(2)10(9-6-4-3-5-7-9)16-11(17)12(13,14)15/h3-8,10H,1-2H3,(H,16,17)/t10-/m1/s1. The van der Waals surface area contributed by atoms with Gasteiger partial charge in [0.15, 0.2) is 0 Å². The van der Waals surface area contributed by atoms with Crippen LogP contribution in [0.2, 0.25) is 0 Å². The summed E-state index contributed by atoms with van der Waals surface area (Å²) in [5.74, 6) is -2.02. The quantitative estimate of drug-likeness (QED) is 0.871. The first kappa shape index (κ1) is 13.5. The molecule has 0 aliphatic rings. The summed E-state index contributed by atoms with van der Waals surface area (Å²) >= 11 is 0. The molecule has 0 aromatic heterocycles. The van der Waals surface area contributed by atoms with Crippen LogP contribution in [-0.2, 0) is 4.79 Å². The van der Waals surface area contributed by atoms with Gasteiger partial charge in [-0.25, -0.2) is 0 Å². The number of alkyl halides is 3. The third-order valence-corrected chi connectivity index (χ3v) is 2.37. The van der Waals surface area contributed by atoms with E-state index in [0.717, 1.165) is 0 Å². The lowest BCUT2D eigenvalue weighted by molar-refractivity contribution is -0.174. The molecular formula is C12H14F3NO. The zero-order valence-corrected chi connectivity index (χ0v) is 9.58. The number of amides is 1. The summed E-state index contributed by atoms with van der Waals surface area (Å²) in [6, 6.07) is 7.98. The lowest BCUT2D eigenvalue weighted by Crippen LogP contribution is -2.40. The molecule has 0 bridgehead atoms. The molecule has 1 rings (SSSR count). The molecule has 1 amide bonds. The predicted molar refractivity (Wildman–Crippen MR) is 58.2 cm³/mol. The van der Waals surface area contributed by atoms with Crippen molar-refractivity contribution in [3.8, 4) is 0 Å². The van der Waals surface area contributed by atoms with Gasteiger partial charge in [0.1, 0.15) is 0 Å². The molecule has 0 aliphatic carbocycles. The van der Waals surface area contributed by atoms with Gasteiger partial charge in [0, 0.05) is 0 Å². The van der Waals surface area contributed by atoms with Crippen LogP contribution in [0.1, 0.15) is 25.5 Å². The zero-order valence-electron chi connectivity index (χ0n) is 9.58. The van der Waals surface area contributed by atoms with Crippen molar-refractivity contribution in [3.63, 3.8) is 0 Å². The van der Waals surface area contributed by atoms with E-state index in [4.69, 9.17) is 0 Å². The third-order valence-electron chi connectivity index (χ3n) is 2.37. The Labute approximate surface area is 97.8 Å². The first-order valence-corrected chi connectivity index (χ1v) is 5.25. The van der Waals surface area contributed by atoms with Gasteiger partial charge in [-0.2, -0.15) is 13.2 Å². The molecule has 2 nitrogen and oxygen atoms in total. The molecule has 1 atom stereocenters. The summed E-state index contributed by atoms with van der Waals surface area (Å²) in [4.78, 5) is 10.9.